The number of nitrogens with one attached hydrogen (secondary N) is 1. The van der Waals surface area contributed by atoms with Crippen molar-refractivity contribution in [3.8, 4) is 5.75 Å². The van der Waals surface area contributed by atoms with Gasteiger partial charge in [0.15, 0.2) is 0 Å². The van der Waals surface area contributed by atoms with Gasteiger partial charge in [0.25, 0.3) is 5.56 Å². The zero-order chi connectivity index (χ0) is 20.6. The number of para-hydroxylation sites is 1. The Balaban J connectivity index is 1.26. The summed E-state index contributed by atoms with van der Waals surface area (Å²) in [5.74, 6) is 0.850. The van der Waals surface area contributed by atoms with Gasteiger partial charge in [0.1, 0.15) is 12.4 Å². The molecule has 6 nitrogen and oxygen atoms in total. The highest BCUT2D eigenvalue weighted by Gasteiger charge is 2.19. The van der Waals surface area contributed by atoms with Gasteiger partial charge in [-0.1, -0.05) is 54.6 Å². The Morgan fingerprint density at radius 1 is 0.800 bits per heavy atom. The quantitative estimate of drug-likeness (QED) is 0.624. The van der Waals surface area contributed by atoms with Crippen molar-refractivity contribution >= 4 is 0 Å². The molecule has 30 heavy (non-hydrogen) atoms. The molecule has 1 saturated heterocycles. The number of benzene rings is 2. The first kappa shape index (κ1) is 20.3. The van der Waals surface area contributed by atoms with E-state index in [1.54, 1.807) is 6.20 Å². The van der Waals surface area contributed by atoms with Gasteiger partial charge in [0, 0.05) is 50.0 Å². The van der Waals surface area contributed by atoms with Crippen molar-refractivity contribution in [2.24, 2.45) is 0 Å². The average molecular weight is 405 g/mol. The highest BCUT2D eigenvalue weighted by atomic mass is 16.7. The van der Waals surface area contributed by atoms with Crippen LogP contribution in [0.15, 0.2) is 77.7 Å². The second-order valence-electron chi connectivity index (χ2n) is 7.39. The van der Waals surface area contributed by atoms with E-state index in [0.717, 1.165) is 48.6 Å². The van der Waals surface area contributed by atoms with Crippen LogP contribution in [-0.4, -0.2) is 41.1 Å². The fourth-order valence-corrected chi connectivity index (χ4v) is 3.50. The van der Waals surface area contributed by atoms with Crippen molar-refractivity contribution < 1.29 is 9.57 Å². The summed E-state index contributed by atoms with van der Waals surface area (Å²) in [5.41, 5.74) is 2.97. The highest BCUT2D eigenvalue weighted by Crippen LogP contribution is 2.21. The van der Waals surface area contributed by atoms with Crippen molar-refractivity contribution in [3.05, 3.63) is 100.0 Å². The summed E-state index contributed by atoms with van der Waals surface area (Å²) in [6, 6.07) is 21.9. The normalized spacial score (nSPS) is 15.2. The van der Waals surface area contributed by atoms with Gasteiger partial charge in [-0.2, -0.15) is 5.06 Å². The van der Waals surface area contributed by atoms with Crippen molar-refractivity contribution in [2.45, 2.75) is 19.8 Å². The van der Waals surface area contributed by atoms with Crippen molar-refractivity contribution in [1.82, 2.24) is 14.9 Å². The number of piperazine rings is 1. The van der Waals surface area contributed by atoms with Crippen LogP contribution in [0, 0.1) is 0 Å². The molecule has 0 aliphatic carbocycles. The lowest BCUT2D eigenvalue weighted by atomic mass is 10.2. The molecule has 0 saturated carbocycles. The van der Waals surface area contributed by atoms with Crippen LogP contribution in [0.1, 0.15) is 16.7 Å². The summed E-state index contributed by atoms with van der Waals surface area (Å²) in [5, 5.41) is 2.00. The first-order chi connectivity index (χ1) is 14.8. The molecule has 1 fully saturated rings. The number of hydrogen-bond donors (Lipinski definition) is 1. The Kier molecular flexibility index (Phi) is 6.92. The van der Waals surface area contributed by atoms with E-state index in [1.807, 2.05) is 59.7 Å². The largest absolute Gasteiger partial charge is 0.489 e. The van der Waals surface area contributed by atoms with Crippen LogP contribution in [0.2, 0.25) is 0 Å². The molecule has 156 valence electrons. The Morgan fingerprint density at radius 3 is 2.33 bits per heavy atom. The van der Waals surface area contributed by atoms with Gasteiger partial charge in [0.05, 0.1) is 6.61 Å². The minimum atomic E-state index is -0.0108. The van der Waals surface area contributed by atoms with Crippen LogP contribution in [-0.2, 0) is 24.6 Å². The second kappa shape index (κ2) is 10.2. The van der Waals surface area contributed by atoms with Crippen LogP contribution in [0.25, 0.3) is 0 Å². The predicted molar refractivity (Wildman–Crippen MR) is 116 cm³/mol. The second-order valence-corrected chi connectivity index (χ2v) is 7.39. The highest BCUT2D eigenvalue weighted by molar-refractivity contribution is 5.33. The maximum atomic E-state index is 11.9. The van der Waals surface area contributed by atoms with E-state index in [-0.39, 0.29) is 5.56 Å². The predicted octanol–water partition coefficient (Wildman–Crippen LogP) is 3.20. The van der Waals surface area contributed by atoms with Gasteiger partial charge in [0.2, 0.25) is 0 Å². The molecule has 6 heteroatoms. The van der Waals surface area contributed by atoms with Gasteiger partial charge in [-0.3, -0.25) is 14.5 Å². The SMILES string of the molecule is O=c1[nH]cccc1CN1CCN(OCc2ccccc2OCc2ccccc2)CC1. The van der Waals surface area contributed by atoms with E-state index in [1.165, 1.54) is 0 Å². The van der Waals surface area contributed by atoms with Crippen LogP contribution < -0.4 is 10.3 Å². The number of nitrogens with zero attached hydrogens (tertiary/aromatic N) is 2. The molecule has 0 unspecified atom stereocenters. The summed E-state index contributed by atoms with van der Waals surface area (Å²) in [4.78, 5) is 22.9. The molecular formula is C24H27N3O3. The summed E-state index contributed by atoms with van der Waals surface area (Å²) < 4.78 is 6.02. The van der Waals surface area contributed by atoms with Crippen molar-refractivity contribution in [2.75, 3.05) is 26.2 Å². The molecule has 0 radical (unpaired) electrons. The van der Waals surface area contributed by atoms with Crippen LogP contribution in [0.5, 0.6) is 5.75 Å². The number of hydrogen-bond acceptors (Lipinski definition) is 5. The summed E-state index contributed by atoms with van der Waals surface area (Å²) in [7, 11) is 0. The summed E-state index contributed by atoms with van der Waals surface area (Å²) >= 11 is 0. The number of pyridine rings is 1. The number of ether oxygens (including phenoxy) is 1. The number of aromatic nitrogens is 1. The third kappa shape index (κ3) is 5.57. The Labute approximate surface area is 176 Å². The van der Waals surface area contributed by atoms with Crippen molar-refractivity contribution in [3.63, 3.8) is 0 Å². The third-order valence-electron chi connectivity index (χ3n) is 5.24. The maximum Gasteiger partial charge on any atom is 0.252 e. The smallest absolute Gasteiger partial charge is 0.252 e. The molecule has 4 rings (SSSR count). The summed E-state index contributed by atoms with van der Waals surface area (Å²) in [6.07, 6.45) is 1.67. The minimum Gasteiger partial charge on any atom is -0.489 e. The van der Waals surface area contributed by atoms with Crippen LogP contribution >= 0.6 is 0 Å². The van der Waals surface area contributed by atoms with Crippen LogP contribution in [0.3, 0.4) is 0 Å². The minimum absolute atomic E-state index is 0.0108. The number of aromatic amines is 1. The molecule has 2 aromatic carbocycles. The van der Waals surface area contributed by atoms with Gasteiger partial charge >= 0.3 is 0 Å². The van der Waals surface area contributed by atoms with E-state index < -0.39 is 0 Å². The first-order valence-electron chi connectivity index (χ1n) is 10.3. The standard InChI is InChI=1S/C24H27N3O3/c28-24-21(10-6-12-25-24)17-26-13-15-27(16-14-26)30-19-22-9-4-5-11-23(22)29-18-20-7-2-1-3-8-20/h1-12H,13-19H2,(H,25,28). The van der Waals surface area contributed by atoms with E-state index in [4.69, 9.17) is 9.57 Å². The molecule has 1 N–H and O–H groups in total. The lowest BCUT2D eigenvalue weighted by Gasteiger charge is -2.33. The zero-order valence-corrected chi connectivity index (χ0v) is 17.0. The van der Waals surface area contributed by atoms with Gasteiger partial charge in [-0.25, -0.2) is 0 Å². The fourth-order valence-electron chi connectivity index (χ4n) is 3.50. The molecule has 0 amide bonds. The molecule has 0 bridgehead atoms. The zero-order valence-electron chi connectivity index (χ0n) is 17.0. The third-order valence-corrected chi connectivity index (χ3v) is 5.24. The fraction of sp³-hybridized carbons (Fsp3) is 0.292. The van der Waals surface area contributed by atoms with E-state index >= 15 is 0 Å². The number of hydroxylamine groups is 2. The van der Waals surface area contributed by atoms with E-state index in [2.05, 4.69) is 22.0 Å². The Morgan fingerprint density at radius 2 is 1.53 bits per heavy atom. The first-order valence-corrected chi connectivity index (χ1v) is 10.3. The van der Waals surface area contributed by atoms with Crippen LogP contribution in [0.4, 0.5) is 0 Å². The van der Waals surface area contributed by atoms with E-state index in [0.29, 0.717) is 19.8 Å². The average Bonchev–Trinajstić information content (AvgIpc) is 2.80. The van der Waals surface area contributed by atoms with Gasteiger partial charge in [-0.15, -0.1) is 0 Å². The molecule has 0 spiro atoms. The summed E-state index contributed by atoms with van der Waals surface area (Å²) in [6.45, 7) is 5.01. The molecule has 2 heterocycles. The molecular weight excluding hydrogens is 378 g/mol. The number of H-pyrrole nitrogens is 1. The lowest BCUT2D eigenvalue weighted by Crippen LogP contribution is -2.46. The Hall–Kier alpha value is -2.93. The van der Waals surface area contributed by atoms with Crippen molar-refractivity contribution in [1.29, 1.82) is 0 Å². The molecule has 1 aromatic heterocycles. The lowest BCUT2D eigenvalue weighted by molar-refractivity contribution is -0.187. The van der Waals surface area contributed by atoms with Gasteiger partial charge in [-0.05, 0) is 17.7 Å². The monoisotopic (exact) mass is 405 g/mol. The molecule has 1 aliphatic heterocycles. The molecule has 0 atom stereocenters. The molecule has 3 aromatic rings. The maximum absolute atomic E-state index is 11.9. The van der Waals surface area contributed by atoms with Gasteiger partial charge < -0.3 is 9.72 Å². The number of rotatable bonds is 8. The Bertz CT molecular complexity index is 982. The van der Waals surface area contributed by atoms with E-state index in [9.17, 15) is 4.79 Å². The molecule has 1 aliphatic rings. The topological polar surface area (TPSA) is 57.8 Å².